The van der Waals surface area contributed by atoms with Gasteiger partial charge in [-0.15, -0.1) is 0 Å². The number of carbonyl (C=O) groups is 1. The Morgan fingerprint density at radius 1 is 1.16 bits per heavy atom. The van der Waals surface area contributed by atoms with Crippen LogP contribution in [0.25, 0.3) is 0 Å². The molecular formula is C20H20IN3O. The molecule has 0 bridgehead atoms. The van der Waals surface area contributed by atoms with Gasteiger partial charge in [0, 0.05) is 28.0 Å². The van der Waals surface area contributed by atoms with Gasteiger partial charge in [-0.2, -0.15) is 5.26 Å². The summed E-state index contributed by atoms with van der Waals surface area (Å²) >= 11 is 2.27. The smallest absolute Gasteiger partial charge is 0.232 e. The summed E-state index contributed by atoms with van der Waals surface area (Å²) in [4.78, 5) is 21.2. The number of nitriles is 1. The lowest BCUT2D eigenvalue weighted by Gasteiger charge is -2.36. The molecule has 1 heterocycles. The maximum atomic E-state index is 12.8. The van der Waals surface area contributed by atoms with Gasteiger partial charge in [-0.1, -0.05) is 31.4 Å². The minimum atomic E-state index is -0.243. The molecule has 0 aliphatic heterocycles. The van der Waals surface area contributed by atoms with Crippen molar-refractivity contribution >= 4 is 28.4 Å². The Hall–Kier alpha value is -1.81. The summed E-state index contributed by atoms with van der Waals surface area (Å²) in [5.41, 5.74) is 1.67. The van der Waals surface area contributed by atoms with Gasteiger partial charge in [0.1, 0.15) is 11.9 Å². The molecule has 25 heavy (non-hydrogen) atoms. The van der Waals surface area contributed by atoms with Gasteiger partial charge in [-0.05, 0) is 59.2 Å². The van der Waals surface area contributed by atoms with Crippen LogP contribution in [-0.4, -0.2) is 15.8 Å². The second kappa shape index (κ2) is 8.05. The fraction of sp³-hybridized carbons (Fsp3) is 0.400. The lowest BCUT2D eigenvalue weighted by molar-refractivity contribution is -0.120. The second-order valence-electron chi connectivity index (χ2n) is 6.74. The van der Waals surface area contributed by atoms with Crippen LogP contribution in [-0.2, 0) is 16.6 Å². The molecular weight excluding hydrogens is 425 g/mol. The molecule has 5 heteroatoms. The molecule has 0 saturated heterocycles. The van der Waals surface area contributed by atoms with Crippen molar-refractivity contribution < 1.29 is 4.79 Å². The van der Waals surface area contributed by atoms with Crippen LogP contribution in [0, 0.1) is 14.9 Å². The van der Waals surface area contributed by atoms with Crippen LogP contribution in [0.5, 0.6) is 0 Å². The number of Topliss-reactive ketones (excluding diaryl/α,β-unsaturated/α-hetero) is 1. The molecule has 128 valence electrons. The lowest BCUT2D eigenvalue weighted by Crippen LogP contribution is -2.33. The monoisotopic (exact) mass is 445 g/mol. The third-order valence-corrected chi connectivity index (χ3v) is 5.68. The van der Waals surface area contributed by atoms with Gasteiger partial charge in [0.25, 0.3) is 0 Å². The number of benzene rings is 1. The number of rotatable bonds is 5. The highest BCUT2D eigenvalue weighted by Gasteiger charge is 2.37. The van der Waals surface area contributed by atoms with Crippen molar-refractivity contribution in [3.05, 3.63) is 57.2 Å². The first-order valence-corrected chi connectivity index (χ1v) is 9.69. The second-order valence-corrected chi connectivity index (χ2v) is 7.98. The Kier molecular flexibility index (Phi) is 5.79. The van der Waals surface area contributed by atoms with E-state index < -0.39 is 0 Å². The molecule has 0 N–H and O–H groups in total. The molecule has 1 aromatic heterocycles. The summed E-state index contributed by atoms with van der Waals surface area (Å²) in [6.45, 7) is 0. The van der Waals surface area contributed by atoms with E-state index in [1.165, 1.54) is 9.99 Å². The SMILES string of the molecule is N#Cc1nccc(C2(CC(=O)Cc3ccc(I)cc3)CCCCC2)n1. The molecule has 0 unspecified atom stereocenters. The highest BCUT2D eigenvalue weighted by molar-refractivity contribution is 14.1. The average molecular weight is 445 g/mol. The van der Waals surface area contributed by atoms with Gasteiger partial charge in [0.15, 0.2) is 0 Å². The minimum absolute atomic E-state index is 0.188. The molecule has 0 atom stereocenters. The van der Waals surface area contributed by atoms with Crippen LogP contribution < -0.4 is 0 Å². The summed E-state index contributed by atoms with van der Waals surface area (Å²) in [6.07, 6.45) is 7.88. The normalized spacial score (nSPS) is 16.2. The first kappa shape index (κ1) is 18.0. The number of aromatic nitrogens is 2. The largest absolute Gasteiger partial charge is 0.299 e. The Morgan fingerprint density at radius 2 is 1.88 bits per heavy atom. The summed E-state index contributed by atoms with van der Waals surface area (Å²) in [6, 6.07) is 12.0. The highest BCUT2D eigenvalue weighted by atomic mass is 127. The molecule has 0 spiro atoms. The van der Waals surface area contributed by atoms with E-state index in [1.54, 1.807) is 6.20 Å². The summed E-state index contributed by atoms with van der Waals surface area (Å²) in [5, 5.41) is 9.10. The molecule has 1 aliphatic carbocycles. The van der Waals surface area contributed by atoms with Crippen LogP contribution in [0.3, 0.4) is 0 Å². The van der Waals surface area contributed by atoms with E-state index in [0.29, 0.717) is 12.8 Å². The predicted octanol–water partition coefficient (Wildman–Crippen LogP) is 4.36. The van der Waals surface area contributed by atoms with Gasteiger partial charge in [0.2, 0.25) is 5.82 Å². The van der Waals surface area contributed by atoms with E-state index in [4.69, 9.17) is 5.26 Å². The van der Waals surface area contributed by atoms with E-state index in [9.17, 15) is 4.79 Å². The van der Waals surface area contributed by atoms with Gasteiger partial charge in [-0.3, -0.25) is 4.79 Å². The predicted molar refractivity (Wildman–Crippen MR) is 104 cm³/mol. The zero-order valence-electron chi connectivity index (χ0n) is 14.0. The minimum Gasteiger partial charge on any atom is -0.299 e. The van der Waals surface area contributed by atoms with Crippen LogP contribution in [0.15, 0.2) is 36.5 Å². The van der Waals surface area contributed by atoms with E-state index in [2.05, 4.69) is 32.6 Å². The Bertz CT molecular complexity index is 789. The highest BCUT2D eigenvalue weighted by Crippen LogP contribution is 2.41. The molecule has 3 rings (SSSR count). The van der Waals surface area contributed by atoms with Crippen LogP contribution in [0.4, 0.5) is 0 Å². The van der Waals surface area contributed by atoms with Crippen LogP contribution in [0.2, 0.25) is 0 Å². The first-order chi connectivity index (χ1) is 12.1. The van der Waals surface area contributed by atoms with E-state index >= 15 is 0 Å². The average Bonchev–Trinajstić information content (AvgIpc) is 2.64. The molecule has 1 fully saturated rings. The van der Waals surface area contributed by atoms with Gasteiger partial charge < -0.3 is 0 Å². The van der Waals surface area contributed by atoms with E-state index in [0.717, 1.165) is 36.9 Å². The van der Waals surface area contributed by atoms with Crippen molar-refractivity contribution in [3.63, 3.8) is 0 Å². The number of halogens is 1. The van der Waals surface area contributed by atoms with E-state index in [-0.39, 0.29) is 17.0 Å². The molecule has 1 aromatic carbocycles. The van der Waals surface area contributed by atoms with Crippen molar-refractivity contribution in [2.75, 3.05) is 0 Å². The van der Waals surface area contributed by atoms with Crippen molar-refractivity contribution in [2.45, 2.75) is 50.4 Å². The maximum Gasteiger partial charge on any atom is 0.232 e. The molecule has 2 aromatic rings. The maximum absolute atomic E-state index is 12.8. The third kappa shape index (κ3) is 4.43. The molecule has 4 nitrogen and oxygen atoms in total. The lowest BCUT2D eigenvalue weighted by atomic mass is 9.68. The van der Waals surface area contributed by atoms with Crippen LogP contribution in [0.1, 0.15) is 55.6 Å². The summed E-state index contributed by atoms with van der Waals surface area (Å²) in [7, 11) is 0. The summed E-state index contributed by atoms with van der Waals surface area (Å²) < 4.78 is 1.17. The fourth-order valence-corrected chi connectivity index (χ4v) is 4.09. The van der Waals surface area contributed by atoms with Crippen LogP contribution >= 0.6 is 22.6 Å². The molecule has 0 amide bonds. The molecule has 0 radical (unpaired) electrons. The number of hydrogen-bond acceptors (Lipinski definition) is 4. The number of nitrogens with zero attached hydrogens (tertiary/aromatic N) is 3. The number of ketones is 1. The zero-order valence-corrected chi connectivity index (χ0v) is 16.2. The van der Waals surface area contributed by atoms with Crippen molar-refractivity contribution in [2.24, 2.45) is 0 Å². The summed E-state index contributed by atoms with van der Waals surface area (Å²) in [5.74, 6) is 0.424. The quantitative estimate of drug-likeness (QED) is 0.642. The van der Waals surface area contributed by atoms with E-state index in [1.807, 2.05) is 36.4 Å². The van der Waals surface area contributed by atoms with Gasteiger partial charge >= 0.3 is 0 Å². The van der Waals surface area contributed by atoms with Crippen molar-refractivity contribution in [1.29, 1.82) is 5.26 Å². The molecule has 1 saturated carbocycles. The van der Waals surface area contributed by atoms with Gasteiger partial charge in [0.05, 0.1) is 5.69 Å². The fourth-order valence-electron chi connectivity index (χ4n) is 3.73. The van der Waals surface area contributed by atoms with Crippen molar-refractivity contribution in [1.82, 2.24) is 9.97 Å². The topological polar surface area (TPSA) is 66.6 Å². The standard InChI is InChI=1S/C20H20IN3O/c21-16-6-4-15(5-7-16)12-17(25)13-20(9-2-1-3-10-20)18-8-11-23-19(14-22)24-18/h4-8,11H,1-3,9-10,12-13H2. The first-order valence-electron chi connectivity index (χ1n) is 8.61. The Morgan fingerprint density at radius 3 is 2.56 bits per heavy atom. The molecule has 1 aliphatic rings. The Balaban J connectivity index is 1.81. The Labute approximate surface area is 161 Å². The van der Waals surface area contributed by atoms with Crippen molar-refractivity contribution in [3.8, 4) is 6.07 Å². The zero-order chi connectivity index (χ0) is 17.7. The third-order valence-electron chi connectivity index (χ3n) is 4.96. The number of carbonyl (C=O) groups excluding carboxylic acids is 1. The van der Waals surface area contributed by atoms with Gasteiger partial charge in [-0.25, -0.2) is 9.97 Å². The number of hydrogen-bond donors (Lipinski definition) is 0.